The molecule has 0 saturated carbocycles. The number of rotatable bonds is 2. The SMILES string of the molecule is Cc1ccc2nc(N3CCN(C)CC3)c(CC#N)cc2c1. The summed E-state index contributed by atoms with van der Waals surface area (Å²) < 4.78 is 0. The Morgan fingerprint density at radius 1 is 1.19 bits per heavy atom. The second kappa shape index (κ2) is 5.71. The van der Waals surface area contributed by atoms with Crippen LogP contribution in [-0.4, -0.2) is 43.1 Å². The molecule has 21 heavy (non-hydrogen) atoms. The van der Waals surface area contributed by atoms with Crippen molar-refractivity contribution in [2.24, 2.45) is 0 Å². The van der Waals surface area contributed by atoms with Crippen LogP contribution >= 0.6 is 0 Å². The summed E-state index contributed by atoms with van der Waals surface area (Å²) in [5.41, 5.74) is 3.27. The van der Waals surface area contributed by atoms with Crippen LogP contribution in [-0.2, 0) is 6.42 Å². The Bertz CT molecular complexity index is 694. The summed E-state index contributed by atoms with van der Waals surface area (Å²) in [7, 11) is 2.14. The zero-order valence-electron chi connectivity index (χ0n) is 12.6. The molecule has 1 aliphatic heterocycles. The molecule has 4 nitrogen and oxygen atoms in total. The van der Waals surface area contributed by atoms with E-state index in [1.807, 2.05) is 0 Å². The van der Waals surface area contributed by atoms with Crippen molar-refractivity contribution in [1.29, 1.82) is 5.26 Å². The van der Waals surface area contributed by atoms with E-state index >= 15 is 0 Å². The first-order chi connectivity index (χ1) is 10.2. The van der Waals surface area contributed by atoms with Gasteiger partial charge in [0.2, 0.25) is 0 Å². The fraction of sp³-hybridized carbons (Fsp3) is 0.412. The van der Waals surface area contributed by atoms with E-state index in [0.717, 1.165) is 48.5 Å². The first-order valence-electron chi connectivity index (χ1n) is 7.38. The predicted octanol–water partition coefficient (Wildman–Crippen LogP) is 2.36. The van der Waals surface area contributed by atoms with Crippen molar-refractivity contribution in [1.82, 2.24) is 9.88 Å². The lowest BCUT2D eigenvalue weighted by atomic mass is 10.1. The minimum absolute atomic E-state index is 0.415. The van der Waals surface area contributed by atoms with Gasteiger partial charge in [-0.15, -0.1) is 0 Å². The third kappa shape index (κ3) is 2.84. The third-order valence-electron chi connectivity index (χ3n) is 4.10. The average Bonchev–Trinajstić information content (AvgIpc) is 2.48. The zero-order valence-corrected chi connectivity index (χ0v) is 12.6. The van der Waals surface area contributed by atoms with Crippen molar-refractivity contribution in [3.63, 3.8) is 0 Å². The van der Waals surface area contributed by atoms with Gasteiger partial charge in [-0.25, -0.2) is 4.98 Å². The van der Waals surface area contributed by atoms with Crippen LogP contribution in [0.2, 0.25) is 0 Å². The number of aromatic nitrogens is 1. The van der Waals surface area contributed by atoms with Gasteiger partial charge in [0.25, 0.3) is 0 Å². The zero-order chi connectivity index (χ0) is 14.8. The number of hydrogen-bond donors (Lipinski definition) is 0. The number of pyridine rings is 1. The van der Waals surface area contributed by atoms with Crippen molar-refractivity contribution in [3.05, 3.63) is 35.4 Å². The summed E-state index contributed by atoms with van der Waals surface area (Å²) in [6, 6.07) is 10.7. The molecule has 1 aliphatic rings. The van der Waals surface area contributed by atoms with Gasteiger partial charge >= 0.3 is 0 Å². The predicted molar refractivity (Wildman–Crippen MR) is 85.5 cm³/mol. The van der Waals surface area contributed by atoms with Crippen LogP contribution in [0.15, 0.2) is 24.3 Å². The van der Waals surface area contributed by atoms with Gasteiger partial charge in [0.1, 0.15) is 5.82 Å². The van der Waals surface area contributed by atoms with E-state index in [0.29, 0.717) is 6.42 Å². The van der Waals surface area contributed by atoms with Crippen molar-refractivity contribution in [2.75, 3.05) is 38.1 Å². The lowest BCUT2D eigenvalue weighted by Gasteiger charge is -2.34. The van der Waals surface area contributed by atoms with Gasteiger partial charge in [0.05, 0.1) is 18.0 Å². The first kappa shape index (κ1) is 13.8. The molecule has 0 atom stereocenters. The minimum Gasteiger partial charge on any atom is -0.354 e. The van der Waals surface area contributed by atoms with Gasteiger partial charge in [0.15, 0.2) is 0 Å². The molecule has 0 aliphatic carbocycles. The number of anilines is 1. The molecule has 0 spiro atoms. The number of aryl methyl sites for hydroxylation is 1. The Kier molecular flexibility index (Phi) is 3.76. The monoisotopic (exact) mass is 280 g/mol. The Morgan fingerprint density at radius 2 is 1.95 bits per heavy atom. The van der Waals surface area contributed by atoms with Crippen molar-refractivity contribution < 1.29 is 0 Å². The van der Waals surface area contributed by atoms with E-state index < -0.39 is 0 Å². The number of nitrogens with zero attached hydrogens (tertiary/aromatic N) is 4. The number of fused-ring (bicyclic) bond motifs is 1. The molecule has 2 aromatic rings. The van der Waals surface area contributed by atoms with Crippen LogP contribution in [0.4, 0.5) is 5.82 Å². The summed E-state index contributed by atoms with van der Waals surface area (Å²) in [5, 5.41) is 10.2. The summed E-state index contributed by atoms with van der Waals surface area (Å²) in [5.74, 6) is 0.987. The molecule has 2 heterocycles. The van der Waals surface area contributed by atoms with Crippen molar-refractivity contribution in [2.45, 2.75) is 13.3 Å². The highest BCUT2D eigenvalue weighted by Crippen LogP contribution is 2.25. The second-order valence-electron chi connectivity index (χ2n) is 5.79. The molecule has 0 radical (unpaired) electrons. The molecule has 108 valence electrons. The molecule has 4 heteroatoms. The molecule has 0 N–H and O–H groups in total. The maximum absolute atomic E-state index is 9.11. The molecule has 1 aromatic carbocycles. The van der Waals surface area contributed by atoms with Crippen LogP contribution in [0.1, 0.15) is 11.1 Å². The average molecular weight is 280 g/mol. The number of hydrogen-bond acceptors (Lipinski definition) is 4. The molecule has 3 rings (SSSR count). The lowest BCUT2D eigenvalue weighted by molar-refractivity contribution is 0.312. The lowest BCUT2D eigenvalue weighted by Crippen LogP contribution is -2.45. The van der Waals surface area contributed by atoms with Gasteiger partial charge in [-0.3, -0.25) is 0 Å². The molecule has 1 fully saturated rings. The number of likely N-dealkylation sites (N-methyl/N-ethyl adjacent to an activating group) is 1. The highest BCUT2D eigenvalue weighted by atomic mass is 15.3. The minimum atomic E-state index is 0.415. The van der Waals surface area contributed by atoms with Gasteiger partial charge in [0, 0.05) is 37.1 Å². The Morgan fingerprint density at radius 3 is 2.67 bits per heavy atom. The largest absolute Gasteiger partial charge is 0.354 e. The topological polar surface area (TPSA) is 43.2 Å². The van der Waals surface area contributed by atoms with Gasteiger partial charge in [-0.2, -0.15) is 5.26 Å². The quantitative estimate of drug-likeness (QED) is 0.847. The van der Waals surface area contributed by atoms with Crippen molar-refractivity contribution >= 4 is 16.7 Å². The Hall–Kier alpha value is -2.12. The second-order valence-corrected chi connectivity index (χ2v) is 5.79. The standard InChI is InChI=1S/C17H20N4/c1-13-3-4-16-15(11-13)12-14(5-6-18)17(19-16)21-9-7-20(2)8-10-21/h3-4,11-12H,5,7-10H2,1-2H3. The van der Waals surface area contributed by atoms with E-state index in [-0.39, 0.29) is 0 Å². The van der Waals surface area contributed by atoms with Crippen LogP contribution in [0, 0.1) is 18.3 Å². The molecule has 1 aromatic heterocycles. The van der Waals surface area contributed by atoms with E-state index in [1.54, 1.807) is 0 Å². The van der Waals surface area contributed by atoms with Gasteiger partial charge in [-0.05, 0) is 32.2 Å². The van der Waals surface area contributed by atoms with E-state index in [2.05, 4.69) is 54.1 Å². The van der Waals surface area contributed by atoms with Crippen LogP contribution in [0.25, 0.3) is 10.9 Å². The van der Waals surface area contributed by atoms with E-state index in [1.165, 1.54) is 5.56 Å². The Balaban J connectivity index is 2.05. The summed E-state index contributed by atoms with van der Waals surface area (Å²) in [4.78, 5) is 9.48. The third-order valence-corrected chi connectivity index (χ3v) is 4.10. The highest BCUT2D eigenvalue weighted by Gasteiger charge is 2.19. The molecular formula is C17H20N4. The number of piperazine rings is 1. The van der Waals surface area contributed by atoms with E-state index in [9.17, 15) is 0 Å². The first-order valence-corrected chi connectivity index (χ1v) is 7.38. The summed E-state index contributed by atoms with van der Waals surface area (Å²) in [6.45, 7) is 6.11. The molecular weight excluding hydrogens is 260 g/mol. The molecule has 0 amide bonds. The fourth-order valence-electron chi connectivity index (χ4n) is 2.84. The summed E-state index contributed by atoms with van der Waals surface area (Å²) >= 11 is 0. The van der Waals surface area contributed by atoms with E-state index in [4.69, 9.17) is 10.2 Å². The van der Waals surface area contributed by atoms with Gasteiger partial charge < -0.3 is 9.80 Å². The maximum atomic E-state index is 9.11. The molecule has 1 saturated heterocycles. The number of benzene rings is 1. The smallest absolute Gasteiger partial charge is 0.133 e. The Labute approximate surface area is 125 Å². The fourth-order valence-corrected chi connectivity index (χ4v) is 2.84. The van der Waals surface area contributed by atoms with Crippen LogP contribution in [0.5, 0.6) is 0 Å². The van der Waals surface area contributed by atoms with Crippen LogP contribution in [0.3, 0.4) is 0 Å². The highest BCUT2D eigenvalue weighted by molar-refractivity contribution is 5.82. The maximum Gasteiger partial charge on any atom is 0.133 e. The normalized spacial score (nSPS) is 16.1. The van der Waals surface area contributed by atoms with Crippen LogP contribution < -0.4 is 4.90 Å². The summed E-state index contributed by atoms with van der Waals surface area (Å²) in [6.07, 6.45) is 0.415. The van der Waals surface area contributed by atoms with Gasteiger partial charge in [-0.1, -0.05) is 11.6 Å². The van der Waals surface area contributed by atoms with Crippen molar-refractivity contribution in [3.8, 4) is 6.07 Å². The molecule has 0 unspecified atom stereocenters. The molecule has 0 bridgehead atoms. The number of nitriles is 1.